The Balaban J connectivity index is 2.05. The van der Waals surface area contributed by atoms with Gasteiger partial charge in [0.05, 0.1) is 6.54 Å². The van der Waals surface area contributed by atoms with Crippen LogP contribution >= 0.6 is 11.3 Å². The monoisotopic (exact) mass is 288 g/mol. The standard InChI is InChI=1S/C17H24N2S/c1-13(2)18-11-15-7-8-17(14(3)10-15)19(4)12-16-6-5-9-20-16/h5-10,13,18H,11-12H2,1-4H3. The normalized spacial score (nSPS) is 11.1. The quantitative estimate of drug-likeness (QED) is 0.857. The van der Waals surface area contributed by atoms with E-state index in [-0.39, 0.29) is 0 Å². The third-order valence-electron chi connectivity index (χ3n) is 3.36. The number of anilines is 1. The molecular formula is C17H24N2S. The highest BCUT2D eigenvalue weighted by atomic mass is 32.1. The summed E-state index contributed by atoms with van der Waals surface area (Å²) in [6, 6.07) is 11.6. The molecule has 0 aliphatic heterocycles. The van der Waals surface area contributed by atoms with E-state index in [0.29, 0.717) is 6.04 Å². The van der Waals surface area contributed by atoms with E-state index >= 15 is 0 Å². The van der Waals surface area contributed by atoms with Crippen LogP contribution in [0, 0.1) is 6.92 Å². The Morgan fingerprint density at radius 3 is 2.65 bits per heavy atom. The molecule has 0 spiro atoms. The summed E-state index contributed by atoms with van der Waals surface area (Å²) < 4.78 is 0. The van der Waals surface area contributed by atoms with Crippen molar-refractivity contribution in [3.05, 3.63) is 51.7 Å². The van der Waals surface area contributed by atoms with Gasteiger partial charge in [0, 0.05) is 30.2 Å². The zero-order valence-electron chi connectivity index (χ0n) is 12.8. The lowest BCUT2D eigenvalue weighted by Gasteiger charge is -2.21. The van der Waals surface area contributed by atoms with E-state index in [2.05, 4.69) is 73.7 Å². The van der Waals surface area contributed by atoms with Gasteiger partial charge in [0.1, 0.15) is 0 Å². The molecule has 0 aliphatic carbocycles. The second-order valence-electron chi connectivity index (χ2n) is 5.59. The molecule has 20 heavy (non-hydrogen) atoms. The molecule has 3 heteroatoms. The minimum Gasteiger partial charge on any atom is -0.369 e. The molecule has 1 aromatic carbocycles. The lowest BCUT2D eigenvalue weighted by atomic mass is 10.1. The lowest BCUT2D eigenvalue weighted by Crippen LogP contribution is -2.22. The fourth-order valence-corrected chi connectivity index (χ4v) is 3.06. The van der Waals surface area contributed by atoms with Gasteiger partial charge >= 0.3 is 0 Å². The van der Waals surface area contributed by atoms with Crippen molar-refractivity contribution in [2.24, 2.45) is 0 Å². The molecule has 108 valence electrons. The van der Waals surface area contributed by atoms with Crippen molar-refractivity contribution < 1.29 is 0 Å². The second kappa shape index (κ2) is 6.91. The topological polar surface area (TPSA) is 15.3 Å². The highest BCUT2D eigenvalue weighted by molar-refractivity contribution is 7.09. The molecular weight excluding hydrogens is 264 g/mol. The van der Waals surface area contributed by atoms with Crippen LogP contribution in [0.2, 0.25) is 0 Å². The molecule has 0 amide bonds. The Labute approximate surface area is 126 Å². The summed E-state index contributed by atoms with van der Waals surface area (Å²) in [4.78, 5) is 3.72. The van der Waals surface area contributed by atoms with Crippen molar-refractivity contribution in [1.29, 1.82) is 0 Å². The van der Waals surface area contributed by atoms with E-state index < -0.39 is 0 Å². The predicted octanol–water partition coefficient (Wildman–Crippen LogP) is 4.19. The van der Waals surface area contributed by atoms with Gasteiger partial charge in [-0.3, -0.25) is 0 Å². The van der Waals surface area contributed by atoms with E-state index in [1.807, 2.05) is 11.3 Å². The van der Waals surface area contributed by atoms with Crippen molar-refractivity contribution in [3.63, 3.8) is 0 Å². The van der Waals surface area contributed by atoms with Gasteiger partial charge in [0.15, 0.2) is 0 Å². The molecule has 0 bridgehead atoms. The third-order valence-corrected chi connectivity index (χ3v) is 4.22. The second-order valence-corrected chi connectivity index (χ2v) is 6.62. The van der Waals surface area contributed by atoms with Crippen LogP contribution in [0.3, 0.4) is 0 Å². The van der Waals surface area contributed by atoms with Gasteiger partial charge in [0.25, 0.3) is 0 Å². The summed E-state index contributed by atoms with van der Waals surface area (Å²) in [5.41, 5.74) is 4.00. The molecule has 2 nitrogen and oxygen atoms in total. The van der Waals surface area contributed by atoms with Gasteiger partial charge in [-0.05, 0) is 35.6 Å². The number of aryl methyl sites for hydroxylation is 1. The molecule has 0 radical (unpaired) electrons. The molecule has 0 saturated heterocycles. The van der Waals surface area contributed by atoms with Gasteiger partial charge in [-0.1, -0.05) is 32.0 Å². The minimum absolute atomic E-state index is 0.525. The van der Waals surface area contributed by atoms with Gasteiger partial charge in [-0.2, -0.15) is 0 Å². The zero-order chi connectivity index (χ0) is 14.5. The average Bonchev–Trinajstić information content (AvgIpc) is 2.89. The Kier molecular flexibility index (Phi) is 5.21. The maximum Gasteiger partial charge on any atom is 0.0519 e. The largest absolute Gasteiger partial charge is 0.369 e. The Morgan fingerprint density at radius 1 is 1.25 bits per heavy atom. The van der Waals surface area contributed by atoms with Crippen LogP contribution in [0.1, 0.15) is 29.9 Å². The summed E-state index contributed by atoms with van der Waals surface area (Å²) in [7, 11) is 2.16. The van der Waals surface area contributed by atoms with Crippen molar-refractivity contribution in [2.75, 3.05) is 11.9 Å². The molecule has 2 aromatic rings. The van der Waals surface area contributed by atoms with Gasteiger partial charge in [-0.25, -0.2) is 0 Å². The average molecular weight is 288 g/mol. The Bertz CT molecular complexity index is 532. The lowest BCUT2D eigenvalue weighted by molar-refractivity contribution is 0.588. The predicted molar refractivity (Wildman–Crippen MR) is 89.6 cm³/mol. The van der Waals surface area contributed by atoms with E-state index in [4.69, 9.17) is 0 Å². The molecule has 1 N–H and O–H groups in total. The van der Waals surface area contributed by atoms with E-state index in [1.54, 1.807) is 0 Å². The van der Waals surface area contributed by atoms with Gasteiger partial charge in [0.2, 0.25) is 0 Å². The molecule has 0 atom stereocenters. The van der Waals surface area contributed by atoms with Crippen molar-refractivity contribution in [2.45, 2.75) is 39.9 Å². The molecule has 0 saturated carbocycles. The third kappa shape index (κ3) is 4.09. The van der Waals surface area contributed by atoms with Crippen molar-refractivity contribution >= 4 is 17.0 Å². The smallest absolute Gasteiger partial charge is 0.0519 e. The van der Waals surface area contributed by atoms with Crippen LogP contribution in [0.25, 0.3) is 0 Å². The SMILES string of the molecule is Cc1cc(CNC(C)C)ccc1N(C)Cc1cccs1. The first-order valence-electron chi connectivity index (χ1n) is 7.12. The maximum absolute atomic E-state index is 3.46. The van der Waals surface area contributed by atoms with Crippen LogP contribution in [0.4, 0.5) is 5.69 Å². The molecule has 0 fully saturated rings. The van der Waals surface area contributed by atoms with Gasteiger partial charge in [-0.15, -0.1) is 11.3 Å². The first-order chi connectivity index (χ1) is 9.56. The van der Waals surface area contributed by atoms with Crippen molar-refractivity contribution in [1.82, 2.24) is 5.32 Å². The molecule has 0 unspecified atom stereocenters. The fraction of sp³-hybridized carbons (Fsp3) is 0.412. The summed E-state index contributed by atoms with van der Waals surface area (Å²) >= 11 is 1.81. The minimum atomic E-state index is 0.525. The fourth-order valence-electron chi connectivity index (χ4n) is 2.30. The first kappa shape index (κ1) is 15.1. The van der Waals surface area contributed by atoms with Crippen LogP contribution in [0.15, 0.2) is 35.7 Å². The highest BCUT2D eigenvalue weighted by Crippen LogP contribution is 2.23. The van der Waals surface area contributed by atoms with E-state index in [1.165, 1.54) is 21.7 Å². The molecule has 2 rings (SSSR count). The maximum atomic E-state index is 3.46. The van der Waals surface area contributed by atoms with Crippen LogP contribution in [0.5, 0.6) is 0 Å². The summed E-state index contributed by atoms with van der Waals surface area (Å²) in [5.74, 6) is 0. The number of hydrogen-bond donors (Lipinski definition) is 1. The number of nitrogens with one attached hydrogen (secondary N) is 1. The highest BCUT2D eigenvalue weighted by Gasteiger charge is 2.07. The van der Waals surface area contributed by atoms with E-state index in [0.717, 1.165) is 13.1 Å². The Hall–Kier alpha value is -1.32. The summed E-state index contributed by atoms with van der Waals surface area (Å²) in [6.45, 7) is 8.46. The summed E-state index contributed by atoms with van der Waals surface area (Å²) in [5, 5.41) is 5.60. The molecule has 1 heterocycles. The number of rotatable bonds is 6. The van der Waals surface area contributed by atoms with Crippen LogP contribution in [-0.4, -0.2) is 13.1 Å². The number of benzene rings is 1. The van der Waals surface area contributed by atoms with Crippen LogP contribution in [-0.2, 0) is 13.1 Å². The van der Waals surface area contributed by atoms with Crippen LogP contribution < -0.4 is 10.2 Å². The molecule has 0 aliphatic rings. The van der Waals surface area contributed by atoms with E-state index in [9.17, 15) is 0 Å². The summed E-state index contributed by atoms with van der Waals surface area (Å²) in [6.07, 6.45) is 0. The Morgan fingerprint density at radius 2 is 2.05 bits per heavy atom. The number of nitrogens with zero attached hydrogens (tertiary/aromatic N) is 1. The van der Waals surface area contributed by atoms with Gasteiger partial charge < -0.3 is 10.2 Å². The number of hydrogen-bond acceptors (Lipinski definition) is 3. The zero-order valence-corrected chi connectivity index (χ0v) is 13.6. The molecule has 1 aromatic heterocycles. The first-order valence-corrected chi connectivity index (χ1v) is 8.00. The number of thiophene rings is 1. The van der Waals surface area contributed by atoms with Crippen molar-refractivity contribution in [3.8, 4) is 0 Å².